The van der Waals surface area contributed by atoms with Crippen LogP contribution >= 0.6 is 0 Å². The van der Waals surface area contributed by atoms with Crippen LogP contribution in [0.2, 0.25) is 0 Å². The SMILES string of the molecule is C=CCN(C)C.C=CCN(C)C.C=CCN(C)C.CC1=C(C)C(C)(C)[C]([Hf])=C1C. The number of nitrogens with zero attached hydrogens (tertiary/aromatic N) is 3. The van der Waals surface area contributed by atoms with E-state index in [9.17, 15) is 0 Å². The predicted octanol–water partition coefficient (Wildman–Crippen LogP) is 5.39. The average molecular weight is 569 g/mol. The summed E-state index contributed by atoms with van der Waals surface area (Å²) in [5, 5.41) is 0. The van der Waals surface area contributed by atoms with Crippen molar-refractivity contribution < 1.29 is 24.4 Å². The van der Waals surface area contributed by atoms with Crippen LogP contribution < -0.4 is 0 Å². The molecule has 1 rings (SSSR count). The van der Waals surface area contributed by atoms with E-state index in [0.717, 1.165) is 19.6 Å². The van der Waals surface area contributed by atoms with Crippen LogP contribution in [0.4, 0.5) is 0 Å². The second-order valence-electron chi connectivity index (χ2n) is 8.53. The summed E-state index contributed by atoms with van der Waals surface area (Å²) in [5.41, 5.74) is 5.03. The van der Waals surface area contributed by atoms with Crippen molar-refractivity contribution in [3.8, 4) is 0 Å². The summed E-state index contributed by atoms with van der Waals surface area (Å²) in [6.45, 7) is 25.0. The Kier molecular flexibility index (Phi) is 20.8. The van der Waals surface area contributed by atoms with E-state index in [1.807, 2.05) is 60.5 Å². The molecule has 0 saturated heterocycles. The van der Waals surface area contributed by atoms with Gasteiger partial charge in [-0.2, -0.15) is 0 Å². The van der Waals surface area contributed by atoms with E-state index >= 15 is 0 Å². The first-order valence-electron chi connectivity index (χ1n) is 10.1. The van der Waals surface area contributed by atoms with Crippen molar-refractivity contribution in [2.75, 3.05) is 61.9 Å². The van der Waals surface area contributed by atoms with Crippen LogP contribution in [-0.2, 0) is 24.4 Å². The van der Waals surface area contributed by atoms with Crippen molar-refractivity contribution in [1.82, 2.24) is 14.7 Å². The summed E-state index contributed by atoms with van der Waals surface area (Å²) in [7, 11) is 12.1. The molecule has 0 amide bonds. The second-order valence-corrected chi connectivity index (χ2v) is 10.3. The summed E-state index contributed by atoms with van der Waals surface area (Å²) >= 11 is 1.21. The van der Waals surface area contributed by atoms with Crippen molar-refractivity contribution in [3.63, 3.8) is 0 Å². The second kappa shape index (κ2) is 18.2. The molecule has 0 unspecified atom stereocenters. The molecule has 0 atom stereocenters. The van der Waals surface area contributed by atoms with E-state index in [1.165, 1.54) is 29.9 Å². The van der Waals surface area contributed by atoms with E-state index in [1.54, 1.807) is 14.5 Å². The Morgan fingerprint density at radius 2 is 0.966 bits per heavy atom. The Bertz CT molecular complexity index is 479. The van der Waals surface area contributed by atoms with E-state index in [0.29, 0.717) is 5.41 Å². The molecule has 0 heterocycles. The van der Waals surface area contributed by atoms with Gasteiger partial charge < -0.3 is 14.7 Å². The number of likely N-dealkylation sites (N-methyl/N-ethyl adjacent to an activating group) is 3. The third kappa shape index (κ3) is 16.9. The third-order valence-electron chi connectivity index (χ3n) is 4.55. The normalized spacial score (nSPS) is 14.5. The Morgan fingerprint density at radius 3 is 1.00 bits per heavy atom. The first-order valence-corrected chi connectivity index (χ1v) is 11.9. The predicted molar refractivity (Wildman–Crippen MR) is 131 cm³/mol. The molecule has 167 valence electrons. The molecule has 0 saturated carbocycles. The summed E-state index contributed by atoms with van der Waals surface area (Å²) in [6.07, 6.45) is 5.62. The van der Waals surface area contributed by atoms with Crippen molar-refractivity contribution in [3.05, 3.63) is 58.0 Å². The third-order valence-corrected chi connectivity index (χ3v) is 8.14. The van der Waals surface area contributed by atoms with Gasteiger partial charge in [0.15, 0.2) is 0 Å². The maximum atomic E-state index is 3.56. The van der Waals surface area contributed by atoms with Gasteiger partial charge >= 0.3 is 84.5 Å². The van der Waals surface area contributed by atoms with Gasteiger partial charge in [-0.05, 0) is 42.3 Å². The van der Waals surface area contributed by atoms with Gasteiger partial charge in [-0.3, -0.25) is 0 Å². The standard InChI is InChI=1S/C10H15.3C5H11N.Hf/c1-7-6-10(4,5)9(3)8(7)2;3*1-4-5-6(2)3;/h1-5H3;3*4H,1,5H2,2-3H3;. The summed E-state index contributed by atoms with van der Waals surface area (Å²) in [6, 6.07) is 0. The van der Waals surface area contributed by atoms with Crippen LogP contribution in [0.1, 0.15) is 34.6 Å². The van der Waals surface area contributed by atoms with Crippen LogP contribution in [0.25, 0.3) is 0 Å². The summed E-state index contributed by atoms with van der Waals surface area (Å²) in [4.78, 5) is 6.19. The van der Waals surface area contributed by atoms with Gasteiger partial charge in [0.25, 0.3) is 0 Å². The van der Waals surface area contributed by atoms with Crippen molar-refractivity contribution in [1.29, 1.82) is 0 Å². The van der Waals surface area contributed by atoms with Crippen molar-refractivity contribution in [2.45, 2.75) is 34.6 Å². The molecular weight excluding hydrogens is 521 g/mol. The van der Waals surface area contributed by atoms with Gasteiger partial charge in [0.05, 0.1) is 0 Å². The van der Waals surface area contributed by atoms with Gasteiger partial charge in [-0.25, -0.2) is 0 Å². The van der Waals surface area contributed by atoms with Crippen LogP contribution in [0.5, 0.6) is 0 Å². The molecular formula is C25H48HfN3. The van der Waals surface area contributed by atoms with Gasteiger partial charge in [0, 0.05) is 19.6 Å². The van der Waals surface area contributed by atoms with E-state index in [-0.39, 0.29) is 0 Å². The minimum absolute atomic E-state index is 0.375. The molecule has 0 bridgehead atoms. The molecule has 0 aliphatic heterocycles. The first-order chi connectivity index (χ1) is 13.2. The Morgan fingerprint density at radius 1 is 0.690 bits per heavy atom. The zero-order chi connectivity index (χ0) is 23.8. The van der Waals surface area contributed by atoms with Crippen molar-refractivity contribution in [2.24, 2.45) is 5.41 Å². The molecule has 0 aromatic rings. The van der Waals surface area contributed by atoms with E-state index in [4.69, 9.17) is 0 Å². The van der Waals surface area contributed by atoms with Gasteiger partial charge in [0.2, 0.25) is 0 Å². The number of hydrogen-bond donors (Lipinski definition) is 0. The first kappa shape index (κ1) is 33.1. The molecule has 0 fully saturated rings. The Labute approximate surface area is 198 Å². The fourth-order valence-corrected chi connectivity index (χ4v) is 3.72. The zero-order valence-electron chi connectivity index (χ0n) is 21.3. The van der Waals surface area contributed by atoms with Gasteiger partial charge in [-0.1, -0.05) is 18.2 Å². The van der Waals surface area contributed by atoms with Gasteiger partial charge in [-0.15, -0.1) is 19.7 Å². The fourth-order valence-electron chi connectivity index (χ4n) is 2.37. The molecule has 0 aromatic heterocycles. The van der Waals surface area contributed by atoms with E-state index in [2.05, 4.69) is 69.1 Å². The molecule has 29 heavy (non-hydrogen) atoms. The number of allylic oxidation sites excluding steroid dienone is 4. The van der Waals surface area contributed by atoms with Gasteiger partial charge in [0.1, 0.15) is 0 Å². The molecule has 0 N–H and O–H groups in total. The van der Waals surface area contributed by atoms with Crippen LogP contribution in [-0.4, -0.2) is 76.6 Å². The number of hydrogen-bond acceptors (Lipinski definition) is 3. The Hall–Kier alpha value is -0.550. The zero-order valence-corrected chi connectivity index (χ0v) is 24.9. The minimum atomic E-state index is 0.375. The summed E-state index contributed by atoms with van der Waals surface area (Å²) < 4.78 is 1.67. The van der Waals surface area contributed by atoms with Crippen LogP contribution in [0, 0.1) is 5.41 Å². The van der Waals surface area contributed by atoms with E-state index < -0.39 is 0 Å². The average Bonchev–Trinajstić information content (AvgIpc) is 2.71. The maximum absolute atomic E-state index is 3.56. The van der Waals surface area contributed by atoms with Crippen LogP contribution in [0.3, 0.4) is 0 Å². The molecule has 0 aromatic carbocycles. The van der Waals surface area contributed by atoms with Crippen LogP contribution in [0.15, 0.2) is 58.0 Å². The molecule has 1 aliphatic carbocycles. The molecule has 0 spiro atoms. The quantitative estimate of drug-likeness (QED) is 0.314. The molecule has 4 heteroatoms. The fraction of sp³-hybridized carbons (Fsp3) is 0.600. The molecule has 0 radical (unpaired) electrons. The topological polar surface area (TPSA) is 9.72 Å². The molecule has 3 nitrogen and oxygen atoms in total. The Balaban J connectivity index is -0.000000328. The molecule has 1 aliphatic rings. The van der Waals surface area contributed by atoms with Crippen molar-refractivity contribution >= 4 is 0 Å². The monoisotopic (exact) mass is 570 g/mol. The summed E-state index contributed by atoms with van der Waals surface area (Å²) in [5.74, 6) is 0. The number of rotatable bonds is 6.